The molecular formula is C16H20N4O4. The molecule has 1 aromatic heterocycles. The number of rotatable bonds is 2. The predicted octanol–water partition coefficient (Wildman–Crippen LogP) is 1.70. The fraction of sp³-hybridized carbons (Fsp3) is 0.312. The van der Waals surface area contributed by atoms with E-state index in [9.17, 15) is 14.4 Å². The standard InChI is InChI=1S/C16H20N4O4/c1-16(2,3)24-15(23)20-19-14(22)12-8-10-7-9(13(21)17-4)5-6-11(10)18-12/h5-8,18H,1-4H3,(H,17,21)(H,19,22)(H,20,23). The van der Waals surface area contributed by atoms with Gasteiger partial charge in [-0.05, 0) is 45.0 Å². The minimum atomic E-state index is -0.756. The molecule has 0 spiro atoms. The van der Waals surface area contributed by atoms with Crippen LogP contribution in [-0.2, 0) is 4.74 Å². The van der Waals surface area contributed by atoms with Crippen molar-refractivity contribution in [1.82, 2.24) is 21.2 Å². The molecule has 2 rings (SSSR count). The Morgan fingerprint density at radius 2 is 1.75 bits per heavy atom. The fourth-order valence-corrected chi connectivity index (χ4v) is 2.02. The van der Waals surface area contributed by atoms with Crippen molar-refractivity contribution < 1.29 is 19.1 Å². The third-order valence-corrected chi connectivity index (χ3v) is 3.03. The molecule has 8 nitrogen and oxygen atoms in total. The summed E-state index contributed by atoms with van der Waals surface area (Å²) in [6.45, 7) is 5.16. The van der Waals surface area contributed by atoms with Crippen LogP contribution in [0.15, 0.2) is 24.3 Å². The monoisotopic (exact) mass is 332 g/mol. The van der Waals surface area contributed by atoms with Gasteiger partial charge in [0, 0.05) is 23.5 Å². The van der Waals surface area contributed by atoms with Crippen molar-refractivity contribution in [3.8, 4) is 0 Å². The zero-order valence-corrected chi connectivity index (χ0v) is 13.9. The molecule has 8 heteroatoms. The van der Waals surface area contributed by atoms with Gasteiger partial charge >= 0.3 is 6.09 Å². The minimum Gasteiger partial charge on any atom is -0.443 e. The van der Waals surface area contributed by atoms with E-state index >= 15 is 0 Å². The quantitative estimate of drug-likeness (QED) is 0.627. The number of benzene rings is 1. The number of amides is 3. The summed E-state index contributed by atoms with van der Waals surface area (Å²) >= 11 is 0. The Hall–Kier alpha value is -3.03. The third-order valence-electron chi connectivity index (χ3n) is 3.03. The molecule has 0 unspecified atom stereocenters. The SMILES string of the molecule is CNC(=O)c1ccc2[nH]c(C(=O)NNC(=O)OC(C)(C)C)cc2c1. The van der Waals surface area contributed by atoms with Gasteiger partial charge in [-0.3, -0.25) is 15.0 Å². The van der Waals surface area contributed by atoms with E-state index in [1.165, 1.54) is 0 Å². The van der Waals surface area contributed by atoms with Gasteiger partial charge in [-0.25, -0.2) is 10.2 Å². The van der Waals surface area contributed by atoms with Crippen LogP contribution in [0.2, 0.25) is 0 Å². The topological polar surface area (TPSA) is 112 Å². The lowest BCUT2D eigenvalue weighted by Crippen LogP contribution is -2.44. The van der Waals surface area contributed by atoms with Crippen LogP contribution in [0.5, 0.6) is 0 Å². The van der Waals surface area contributed by atoms with Crippen LogP contribution in [0.25, 0.3) is 10.9 Å². The first-order valence-electron chi connectivity index (χ1n) is 7.34. The van der Waals surface area contributed by atoms with E-state index in [1.807, 2.05) is 0 Å². The van der Waals surface area contributed by atoms with Gasteiger partial charge in [0.1, 0.15) is 11.3 Å². The highest BCUT2D eigenvalue weighted by atomic mass is 16.6. The molecule has 4 N–H and O–H groups in total. The van der Waals surface area contributed by atoms with Gasteiger partial charge in [0.25, 0.3) is 11.8 Å². The van der Waals surface area contributed by atoms with Crippen LogP contribution in [0, 0.1) is 0 Å². The van der Waals surface area contributed by atoms with Crippen molar-refractivity contribution in [3.05, 3.63) is 35.5 Å². The van der Waals surface area contributed by atoms with Gasteiger partial charge in [0.05, 0.1) is 0 Å². The number of aromatic amines is 1. The number of hydrazine groups is 1. The van der Waals surface area contributed by atoms with E-state index in [2.05, 4.69) is 21.2 Å². The summed E-state index contributed by atoms with van der Waals surface area (Å²) in [5.41, 5.74) is 5.21. The van der Waals surface area contributed by atoms with Crippen LogP contribution in [0.4, 0.5) is 4.79 Å². The molecule has 0 aliphatic carbocycles. The summed E-state index contributed by atoms with van der Waals surface area (Å²) in [5.74, 6) is -0.741. The minimum absolute atomic E-state index is 0.212. The van der Waals surface area contributed by atoms with Gasteiger partial charge in [-0.15, -0.1) is 0 Å². The number of carbonyl (C=O) groups is 3. The maximum atomic E-state index is 12.1. The Balaban J connectivity index is 2.07. The molecule has 128 valence electrons. The summed E-state index contributed by atoms with van der Waals surface area (Å²) in [7, 11) is 1.55. The van der Waals surface area contributed by atoms with Crippen molar-refractivity contribution in [2.75, 3.05) is 7.05 Å². The first kappa shape index (κ1) is 17.3. The Morgan fingerprint density at radius 3 is 2.38 bits per heavy atom. The second kappa shape index (κ2) is 6.61. The molecule has 24 heavy (non-hydrogen) atoms. The molecule has 1 aromatic carbocycles. The summed E-state index contributed by atoms with van der Waals surface area (Å²) in [6.07, 6.45) is -0.756. The number of ether oxygens (including phenoxy) is 1. The maximum absolute atomic E-state index is 12.1. The molecule has 3 amide bonds. The number of hydrogen-bond acceptors (Lipinski definition) is 4. The molecule has 0 fully saturated rings. The molecule has 0 aliphatic heterocycles. The highest BCUT2D eigenvalue weighted by Gasteiger charge is 2.17. The van der Waals surface area contributed by atoms with Gasteiger partial charge in [-0.2, -0.15) is 0 Å². The molecular weight excluding hydrogens is 312 g/mol. The maximum Gasteiger partial charge on any atom is 0.426 e. The predicted molar refractivity (Wildman–Crippen MR) is 88.5 cm³/mol. The second-order valence-corrected chi connectivity index (χ2v) is 6.15. The highest BCUT2D eigenvalue weighted by molar-refractivity contribution is 6.01. The third kappa shape index (κ3) is 4.25. The first-order chi connectivity index (χ1) is 11.2. The summed E-state index contributed by atoms with van der Waals surface area (Å²) in [4.78, 5) is 38.1. The number of H-pyrrole nitrogens is 1. The van der Waals surface area contributed by atoms with E-state index in [-0.39, 0.29) is 11.6 Å². The highest BCUT2D eigenvalue weighted by Crippen LogP contribution is 2.17. The Morgan fingerprint density at radius 1 is 1.04 bits per heavy atom. The smallest absolute Gasteiger partial charge is 0.426 e. The van der Waals surface area contributed by atoms with Crippen LogP contribution in [0.1, 0.15) is 41.6 Å². The second-order valence-electron chi connectivity index (χ2n) is 6.15. The Bertz CT molecular complexity index is 789. The van der Waals surface area contributed by atoms with Crippen LogP contribution < -0.4 is 16.2 Å². The summed E-state index contributed by atoms with van der Waals surface area (Å²) < 4.78 is 5.02. The molecule has 2 aromatic rings. The largest absolute Gasteiger partial charge is 0.443 e. The fourth-order valence-electron chi connectivity index (χ4n) is 2.02. The van der Waals surface area contributed by atoms with E-state index in [4.69, 9.17) is 4.74 Å². The molecule has 0 saturated carbocycles. The van der Waals surface area contributed by atoms with Gasteiger partial charge in [0.15, 0.2) is 0 Å². The molecule has 0 radical (unpaired) electrons. The van der Waals surface area contributed by atoms with Crippen LogP contribution >= 0.6 is 0 Å². The van der Waals surface area contributed by atoms with Gasteiger partial charge < -0.3 is 15.0 Å². The number of aromatic nitrogens is 1. The van der Waals surface area contributed by atoms with Crippen molar-refractivity contribution in [2.24, 2.45) is 0 Å². The van der Waals surface area contributed by atoms with E-state index in [0.29, 0.717) is 16.5 Å². The molecule has 0 saturated heterocycles. The first-order valence-corrected chi connectivity index (χ1v) is 7.34. The van der Waals surface area contributed by atoms with Crippen molar-refractivity contribution in [1.29, 1.82) is 0 Å². The Kier molecular flexibility index (Phi) is 4.77. The van der Waals surface area contributed by atoms with Crippen LogP contribution in [-0.4, -0.2) is 35.5 Å². The van der Waals surface area contributed by atoms with Crippen molar-refractivity contribution in [3.63, 3.8) is 0 Å². The number of hydrogen-bond donors (Lipinski definition) is 4. The van der Waals surface area contributed by atoms with E-state index in [1.54, 1.807) is 52.1 Å². The number of nitrogens with one attached hydrogen (secondary N) is 4. The lowest BCUT2D eigenvalue weighted by atomic mass is 10.1. The summed E-state index contributed by atoms with van der Waals surface area (Å²) in [5, 5.41) is 3.24. The zero-order valence-electron chi connectivity index (χ0n) is 13.9. The van der Waals surface area contributed by atoms with Crippen molar-refractivity contribution >= 4 is 28.8 Å². The normalized spacial score (nSPS) is 11.0. The number of fused-ring (bicyclic) bond motifs is 1. The van der Waals surface area contributed by atoms with Crippen LogP contribution in [0.3, 0.4) is 0 Å². The average molecular weight is 332 g/mol. The van der Waals surface area contributed by atoms with E-state index < -0.39 is 17.6 Å². The molecule has 0 atom stereocenters. The molecule has 0 aliphatic rings. The van der Waals surface area contributed by atoms with E-state index in [0.717, 1.165) is 0 Å². The Labute approximate surface area is 138 Å². The number of carbonyl (C=O) groups excluding carboxylic acids is 3. The zero-order chi connectivity index (χ0) is 17.9. The summed E-state index contributed by atoms with van der Waals surface area (Å²) in [6, 6.07) is 6.62. The van der Waals surface area contributed by atoms with Crippen molar-refractivity contribution in [2.45, 2.75) is 26.4 Å². The lowest BCUT2D eigenvalue weighted by Gasteiger charge is -2.19. The average Bonchev–Trinajstić information content (AvgIpc) is 2.93. The van der Waals surface area contributed by atoms with Gasteiger partial charge in [-0.1, -0.05) is 0 Å². The molecule has 0 bridgehead atoms. The molecule has 1 heterocycles. The lowest BCUT2D eigenvalue weighted by molar-refractivity contribution is 0.0483. The van der Waals surface area contributed by atoms with Gasteiger partial charge in [0.2, 0.25) is 0 Å².